The number of alkyl halides is 2. The van der Waals surface area contributed by atoms with Crippen molar-refractivity contribution in [2.24, 2.45) is 0 Å². The van der Waals surface area contributed by atoms with Crippen LogP contribution >= 0.6 is 11.8 Å². The second kappa shape index (κ2) is 7.87. The monoisotopic (exact) mass is 345 g/mol. The van der Waals surface area contributed by atoms with E-state index in [0.29, 0.717) is 28.4 Å². The van der Waals surface area contributed by atoms with Crippen LogP contribution in [-0.4, -0.2) is 18.3 Å². The van der Waals surface area contributed by atoms with E-state index in [1.807, 2.05) is 0 Å². The molecule has 2 rings (SSSR count). The lowest BCUT2D eigenvalue weighted by molar-refractivity contribution is -0.118. The Labute approximate surface area is 133 Å². The van der Waals surface area contributed by atoms with Crippen molar-refractivity contribution in [2.75, 3.05) is 11.9 Å². The summed E-state index contributed by atoms with van der Waals surface area (Å²) >= 11 is 0.393. The van der Waals surface area contributed by atoms with Gasteiger partial charge in [-0.2, -0.15) is 8.78 Å². The number of halogens is 4. The summed E-state index contributed by atoms with van der Waals surface area (Å²) < 4.78 is 55.3. The molecule has 2 aromatic carbocycles. The zero-order valence-electron chi connectivity index (χ0n) is 11.6. The summed E-state index contributed by atoms with van der Waals surface area (Å²) in [6, 6.07) is 8.53. The SMILES string of the molecule is O=C(COc1ccc(F)cc1F)Nc1ccc(SC(F)F)cc1. The average molecular weight is 345 g/mol. The fourth-order valence-electron chi connectivity index (χ4n) is 1.65. The van der Waals surface area contributed by atoms with Crippen molar-refractivity contribution in [1.82, 2.24) is 0 Å². The summed E-state index contributed by atoms with van der Waals surface area (Å²) in [5, 5.41) is 2.47. The van der Waals surface area contributed by atoms with Gasteiger partial charge in [0, 0.05) is 16.6 Å². The van der Waals surface area contributed by atoms with Crippen LogP contribution in [0.15, 0.2) is 47.4 Å². The second-order valence-electron chi connectivity index (χ2n) is 4.31. The van der Waals surface area contributed by atoms with E-state index in [1.54, 1.807) is 0 Å². The largest absolute Gasteiger partial charge is 0.481 e. The van der Waals surface area contributed by atoms with Gasteiger partial charge >= 0.3 is 0 Å². The predicted octanol–water partition coefficient (Wildman–Crippen LogP) is 4.30. The van der Waals surface area contributed by atoms with Gasteiger partial charge in [0.2, 0.25) is 0 Å². The van der Waals surface area contributed by atoms with E-state index in [9.17, 15) is 22.4 Å². The molecule has 0 aromatic heterocycles. The zero-order valence-corrected chi connectivity index (χ0v) is 12.4. The highest BCUT2D eigenvalue weighted by atomic mass is 32.2. The molecule has 0 fully saturated rings. The fourth-order valence-corrected chi connectivity index (χ4v) is 2.15. The molecule has 0 aliphatic heterocycles. The smallest absolute Gasteiger partial charge is 0.288 e. The molecule has 0 saturated carbocycles. The first-order valence-corrected chi connectivity index (χ1v) is 7.24. The van der Waals surface area contributed by atoms with Crippen LogP contribution in [0.3, 0.4) is 0 Å². The number of carbonyl (C=O) groups excluding carboxylic acids is 1. The number of carbonyl (C=O) groups is 1. The van der Waals surface area contributed by atoms with Crippen LogP contribution in [0.4, 0.5) is 23.2 Å². The summed E-state index contributed by atoms with van der Waals surface area (Å²) in [6.07, 6.45) is 0. The molecule has 122 valence electrons. The number of amides is 1. The van der Waals surface area contributed by atoms with Crippen LogP contribution in [0, 0.1) is 11.6 Å². The van der Waals surface area contributed by atoms with Crippen LogP contribution < -0.4 is 10.1 Å². The Hall–Kier alpha value is -2.22. The van der Waals surface area contributed by atoms with Crippen LogP contribution in [0.2, 0.25) is 0 Å². The molecule has 8 heteroatoms. The topological polar surface area (TPSA) is 38.3 Å². The molecule has 0 bridgehead atoms. The number of hydrogen-bond acceptors (Lipinski definition) is 3. The Bertz CT molecular complexity index is 680. The summed E-state index contributed by atoms with van der Waals surface area (Å²) in [6.45, 7) is -0.476. The lowest BCUT2D eigenvalue weighted by Crippen LogP contribution is -2.20. The Kier molecular flexibility index (Phi) is 5.86. The fraction of sp³-hybridized carbons (Fsp3) is 0.133. The molecule has 0 saturated heterocycles. The molecule has 0 aliphatic carbocycles. The van der Waals surface area contributed by atoms with Gasteiger partial charge in [0.05, 0.1) is 0 Å². The molecule has 3 nitrogen and oxygen atoms in total. The van der Waals surface area contributed by atoms with E-state index < -0.39 is 29.9 Å². The van der Waals surface area contributed by atoms with Crippen molar-refractivity contribution >= 4 is 23.4 Å². The number of hydrogen-bond donors (Lipinski definition) is 1. The average Bonchev–Trinajstić information content (AvgIpc) is 2.48. The van der Waals surface area contributed by atoms with Crippen LogP contribution in [0.25, 0.3) is 0 Å². The van der Waals surface area contributed by atoms with Crippen molar-refractivity contribution in [1.29, 1.82) is 0 Å². The summed E-state index contributed by atoms with van der Waals surface area (Å²) in [4.78, 5) is 12.0. The van der Waals surface area contributed by atoms with Gasteiger partial charge in [0.1, 0.15) is 5.82 Å². The highest BCUT2D eigenvalue weighted by Gasteiger charge is 2.09. The molecule has 0 heterocycles. The number of nitrogens with one attached hydrogen (secondary N) is 1. The highest BCUT2D eigenvalue weighted by molar-refractivity contribution is 7.99. The van der Waals surface area contributed by atoms with Gasteiger partial charge in [-0.05, 0) is 36.4 Å². The normalized spacial score (nSPS) is 10.7. The number of rotatable bonds is 6. The number of ether oxygens (including phenoxy) is 1. The Balaban J connectivity index is 1.87. The van der Waals surface area contributed by atoms with Crippen LogP contribution in [0.1, 0.15) is 0 Å². The van der Waals surface area contributed by atoms with Gasteiger partial charge in [0.25, 0.3) is 11.7 Å². The lowest BCUT2D eigenvalue weighted by Gasteiger charge is -2.09. The van der Waals surface area contributed by atoms with Crippen LogP contribution in [0.5, 0.6) is 5.75 Å². The van der Waals surface area contributed by atoms with Gasteiger partial charge < -0.3 is 10.1 Å². The minimum atomic E-state index is -2.52. The van der Waals surface area contributed by atoms with Gasteiger partial charge in [-0.25, -0.2) is 8.78 Å². The molecule has 0 aliphatic rings. The maximum absolute atomic E-state index is 13.3. The molecular formula is C15H11F4NO2S. The summed E-state index contributed by atoms with van der Waals surface area (Å²) in [5.74, 6) is -4.99. The standard InChI is InChI=1S/C15H11F4NO2S/c16-9-1-6-13(12(17)7-9)22-8-14(21)20-10-2-4-11(5-3-10)23-15(18)19/h1-7,15H,8H2,(H,20,21). The Morgan fingerprint density at radius 3 is 2.43 bits per heavy atom. The van der Waals surface area contributed by atoms with Gasteiger partial charge in [0.15, 0.2) is 18.2 Å². The first-order chi connectivity index (χ1) is 10.9. The van der Waals surface area contributed by atoms with E-state index in [-0.39, 0.29) is 5.75 Å². The molecule has 0 atom stereocenters. The Morgan fingerprint density at radius 1 is 1.13 bits per heavy atom. The third-order valence-corrected chi connectivity index (χ3v) is 3.34. The van der Waals surface area contributed by atoms with E-state index in [4.69, 9.17) is 4.74 Å². The van der Waals surface area contributed by atoms with Crippen molar-refractivity contribution in [2.45, 2.75) is 10.7 Å². The van der Waals surface area contributed by atoms with Crippen molar-refractivity contribution in [3.63, 3.8) is 0 Å². The molecule has 0 radical (unpaired) electrons. The lowest BCUT2D eigenvalue weighted by atomic mass is 10.3. The molecule has 2 aromatic rings. The van der Waals surface area contributed by atoms with Crippen molar-refractivity contribution in [3.8, 4) is 5.75 Å². The molecule has 0 spiro atoms. The van der Waals surface area contributed by atoms with Crippen molar-refractivity contribution in [3.05, 3.63) is 54.1 Å². The van der Waals surface area contributed by atoms with Gasteiger partial charge in [-0.3, -0.25) is 4.79 Å². The van der Waals surface area contributed by atoms with Crippen LogP contribution in [-0.2, 0) is 4.79 Å². The molecule has 1 N–H and O–H groups in total. The first kappa shape index (κ1) is 17.1. The quantitative estimate of drug-likeness (QED) is 0.627. The van der Waals surface area contributed by atoms with Crippen molar-refractivity contribution < 1.29 is 27.1 Å². The predicted molar refractivity (Wildman–Crippen MR) is 78.8 cm³/mol. The number of thioether (sulfide) groups is 1. The van der Waals surface area contributed by atoms with E-state index in [1.165, 1.54) is 24.3 Å². The molecule has 23 heavy (non-hydrogen) atoms. The van der Waals surface area contributed by atoms with Gasteiger partial charge in [-0.15, -0.1) is 0 Å². The zero-order chi connectivity index (χ0) is 16.8. The number of benzene rings is 2. The highest BCUT2D eigenvalue weighted by Crippen LogP contribution is 2.26. The maximum Gasteiger partial charge on any atom is 0.288 e. The van der Waals surface area contributed by atoms with E-state index >= 15 is 0 Å². The summed E-state index contributed by atoms with van der Waals surface area (Å²) in [5.41, 5.74) is 0.386. The minimum Gasteiger partial charge on any atom is -0.481 e. The summed E-state index contributed by atoms with van der Waals surface area (Å²) in [7, 11) is 0. The Morgan fingerprint density at radius 2 is 1.83 bits per heavy atom. The third kappa shape index (κ3) is 5.48. The molecule has 1 amide bonds. The van der Waals surface area contributed by atoms with E-state index in [2.05, 4.69) is 5.32 Å². The minimum absolute atomic E-state index is 0.245. The first-order valence-electron chi connectivity index (χ1n) is 6.36. The molecule has 0 unspecified atom stereocenters. The third-order valence-electron chi connectivity index (χ3n) is 2.62. The van der Waals surface area contributed by atoms with Gasteiger partial charge in [-0.1, -0.05) is 11.8 Å². The van der Waals surface area contributed by atoms with E-state index in [0.717, 1.165) is 12.1 Å². The number of anilines is 1. The maximum atomic E-state index is 13.3. The second-order valence-corrected chi connectivity index (χ2v) is 5.38. The molecular weight excluding hydrogens is 334 g/mol.